The molecule has 6 rings (SSSR count). The Balaban J connectivity index is 1.13. The molecule has 1 aromatic heterocycles. The van der Waals surface area contributed by atoms with Crippen LogP contribution >= 0.6 is 11.8 Å². The van der Waals surface area contributed by atoms with Gasteiger partial charge in [-0.2, -0.15) is 0 Å². The fourth-order valence-electron chi connectivity index (χ4n) is 4.66. The lowest BCUT2D eigenvalue weighted by Gasteiger charge is -2.14. The molecule has 3 heterocycles. The highest BCUT2D eigenvalue weighted by Gasteiger charge is 2.20. The molecule has 0 bridgehead atoms. The van der Waals surface area contributed by atoms with E-state index in [-0.39, 0.29) is 49.7 Å². The lowest BCUT2D eigenvalue weighted by molar-refractivity contribution is -0.121. The van der Waals surface area contributed by atoms with Gasteiger partial charge in [-0.05, 0) is 42.3 Å². The monoisotopic (exact) mass is 604 g/mol. The summed E-state index contributed by atoms with van der Waals surface area (Å²) in [7, 11) is 1.55. The van der Waals surface area contributed by atoms with Crippen molar-refractivity contribution in [3.8, 4) is 28.7 Å². The highest BCUT2D eigenvalue weighted by molar-refractivity contribution is 7.99. The lowest BCUT2D eigenvalue weighted by Crippen LogP contribution is -2.26. The van der Waals surface area contributed by atoms with E-state index in [9.17, 15) is 14.4 Å². The number of anilines is 1. The number of hydrogen-bond acceptors (Lipinski definition) is 10. The minimum atomic E-state index is -0.292. The molecule has 0 atom stereocenters. The van der Waals surface area contributed by atoms with E-state index in [1.165, 1.54) is 4.57 Å². The van der Waals surface area contributed by atoms with E-state index < -0.39 is 0 Å². The van der Waals surface area contributed by atoms with Crippen molar-refractivity contribution in [3.05, 3.63) is 70.5 Å². The molecule has 12 nitrogen and oxygen atoms in total. The molecule has 43 heavy (non-hydrogen) atoms. The maximum atomic E-state index is 13.6. The summed E-state index contributed by atoms with van der Waals surface area (Å²) in [5.74, 6) is 2.51. The molecule has 0 aliphatic carbocycles. The van der Waals surface area contributed by atoms with E-state index in [1.807, 2.05) is 18.2 Å². The van der Waals surface area contributed by atoms with Crippen LogP contribution in [0, 0.1) is 0 Å². The number of thioether (sulfide) groups is 1. The van der Waals surface area contributed by atoms with Gasteiger partial charge in [0.1, 0.15) is 5.75 Å². The van der Waals surface area contributed by atoms with Crippen LogP contribution in [0.1, 0.15) is 18.4 Å². The van der Waals surface area contributed by atoms with Gasteiger partial charge in [-0.1, -0.05) is 23.9 Å². The molecule has 0 spiro atoms. The molecule has 4 aromatic rings. The Morgan fingerprint density at radius 1 is 0.953 bits per heavy atom. The number of nitrogens with zero attached hydrogens (tertiary/aromatic N) is 2. The van der Waals surface area contributed by atoms with Gasteiger partial charge in [0, 0.05) is 37.3 Å². The second-order valence-corrected chi connectivity index (χ2v) is 10.7. The van der Waals surface area contributed by atoms with Gasteiger partial charge in [0.25, 0.3) is 5.56 Å². The van der Waals surface area contributed by atoms with Crippen LogP contribution in [-0.4, -0.2) is 47.8 Å². The number of carbonyl (C=O) groups excluding carboxylic acids is 2. The van der Waals surface area contributed by atoms with E-state index in [0.29, 0.717) is 63.5 Å². The maximum absolute atomic E-state index is 13.6. The highest BCUT2D eigenvalue weighted by atomic mass is 32.2. The van der Waals surface area contributed by atoms with Crippen LogP contribution in [0.4, 0.5) is 5.69 Å². The fourth-order valence-corrected chi connectivity index (χ4v) is 5.49. The number of hydrogen-bond donors (Lipinski definition) is 2. The Bertz CT molecular complexity index is 1760. The Kier molecular flexibility index (Phi) is 8.22. The van der Waals surface area contributed by atoms with Crippen molar-refractivity contribution in [2.24, 2.45) is 0 Å². The molecule has 2 amide bonds. The van der Waals surface area contributed by atoms with E-state index in [4.69, 9.17) is 23.7 Å². The van der Waals surface area contributed by atoms with Crippen molar-refractivity contribution in [1.29, 1.82) is 0 Å². The van der Waals surface area contributed by atoms with Crippen LogP contribution in [-0.2, 0) is 22.7 Å². The molecular weight excluding hydrogens is 576 g/mol. The van der Waals surface area contributed by atoms with Crippen LogP contribution in [0.5, 0.6) is 28.7 Å². The number of methoxy groups -OCH3 is 1. The first-order chi connectivity index (χ1) is 21.0. The van der Waals surface area contributed by atoms with Crippen LogP contribution in [0.15, 0.2) is 64.5 Å². The Morgan fingerprint density at radius 3 is 2.53 bits per heavy atom. The predicted molar refractivity (Wildman–Crippen MR) is 158 cm³/mol. The largest absolute Gasteiger partial charge is 0.497 e. The molecule has 0 saturated carbocycles. The Morgan fingerprint density at radius 2 is 1.72 bits per heavy atom. The van der Waals surface area contributed by atoms with E-state index in [0.717, 1.165) is 17.3 Å². The van der Waals surface area contributed by atoms with Crippen molar-refractivity contribution >= 4 is 40.2 Å². The average molecular weight is 605 g/mol. The molecule has 0 radical (unpaired) electrons. The number of fused-ring (bicyclic) bond motifs is 3. The number of aromatic nitrogens is 2. The summed E-state index contributed by atoms with van der Waals surface area (Å²) in [6.45, 7) is 0.815. The van der Waals surface area contributed by atoms with Crippen molar-refractivity contribution in [2.45, 2.75) is 31.1 Å². The summed E-state index contributed by atoms with van der Waals surface area (Å²) in [6, 6.07) is 15.8. The average Bonchev–Trinajstić information content (AvgIpc) is 3.68. The summed E-state index contributed by atoms with van der Waals surface area (Å²) >= 11 is 1.14. The smallest absolute Gasteiger partial charge is 0.262 e. The topological polar surface area (TPSA) is 139 Å². The molecule has 13 heteroatoms. The predicted octanol–water partition coefficient (Wildman–Crippen LogP) is 3.69. The number of rotatable bonds is 11. The quantitative estimate of drug-likeness (QED) is 0.193. The second kappa shape index (κ2) is 12.5. The maximum Gasteiger partial charge on any atom is 0.262 e. The van der Waals surface area contributed by atoms with Crippen molar-refractivity contribution in [1.82, 2.24) is 14.9 Å². The van der Waals surface area contributed by atoms with Crippen LogP contribution < -0.4 is 39.9 Å². The first kappa shape index (κ1) is 28.2. The molecule has 2 N–H and O–H groups in total. The summed E-state index contributed by atoms with van der Waals surface area (Å²) in [6.07, 6.45) is 0.574. The fraction of sp³-hybridized carbons (Fsp3) is 0.267. The molecule has 0 unspecified atom stereocenters. The third-order valence-corrected chi connectivity index (χ3v) is 7.79. The summed E-state index contributed by atoms with van der Waals surface area (Å²) < 4.78 is 28.3. The van der Waals surface area contributed by atoms with Gasteiger partial charge >= 0.3 is 0 Å². The number of ether oxygens (including phenoxy) is 5. The number of nitrogens with one attached hydrogen (secondary N) is 2. The van der Waals surface area contributed by atoms with Gasteiger partial charge in [0.05, 0.1) is 23.8 Å². The number of benzene rings is 3. The minimum Gasteiger partial charge on any atom is -0.497 e. The van der Waals surface area contributed by atoms with Gasteiger partial charge in [0.15, 0.2) is 28.2 Å². The van der Waals surface area contributed by atoms with Gasteiger partial charge in [-0.25, -0.2) is 4.98 Å². The highest BCUT2D eigenvalue weighted by Crippen LogP contribution is 2.35. The van der Waals surface area contributed by atoms with Crippen LogP contribution in [0.25, 0.3) is 10.9 Å². The van der Waals surface area contributed by atoms with E-state index in [2.05, 4.69) is 15.6 Å². The normalized spacial score (nSPS) is 12.8. The van der Waals surface area contributed by atoms with Crippen LogP contribution in [0.2, 0.25) is 0 Å². The third kappa shape index (κ3) is 6.46. The van der Waals surface area contributed by atoms with Gasteiger partial charge in [0.2, 0.25) is 25.4 Å². The standard InChI is InChI=1S/C30H28N4O8S/c1-38-20-5-2-4-19(11-20)32-28(36)15-43-30-33-22-13-26-25(41-17-42-26)12-21(22)29(37)34(30)9-3-6-27(35)31-14-18-7-8-23-24(10-18)40-16-39-23/h2,4-5,7-8,10-13H,3,6,9,14-17H2,1H3,(H,31,35)(H,32,36). The van der Waals surface area contributed by atoms with Gasteiger partial charge in [-0.15, -0.1) is 0 Å². The van der Waals surface area contributed by atoms with Crippen molar-refractivity contribution < 1.29 is 33.3 Å². The van der Waals surface area contributed by atoms with E-state index in [1.54, 1.807) is 43.5 Å². The molecule has 3 aromatic carbocycles. The Labute approximate surface area is 250 Å². The van der Waals surface area contributed by atoms with Gasteiger partial charge in [-0.3, -0.25) is 19.0 Å². The summed E-state index contributed by atoms with van der Waals surface area (Å²) in [5.41, 5.74) is 1.62. The lowest BCUT2D eigenvalue weighted by atomic mass is 10.2. The SMILES string of the molecule is COc1cccc(NC(=O)CSc2nc3cc4c(cc3c(=O)n2CCCC(=O)NCc2ccc3c(c2)OCO3)OCO4)c1. The molecule has 2 aliphatic rings. The zero-order valence-corrected chi connectivity index (χ0v) is 24.0. The molecular formula is C30H28N4O8S. The number of amides is 2. The molecule has 0 saturated heterocycles. The molecule has 0 fully saturated rings. The molecule has 222 valence electrons. The molecule has 2 aliphatic heterocycles. The van der Waals surface area contributed by atoms with Crippen LogP contribution in [0.3, 0.4) is 0 Å². The van der Waals surface area contributed by atoms with Crippen molar-refractivity contribution in [2.75, 3.05) is 31.8 Å². The zero-order chi connectivity index (χ0) is 29.8. The first-order valence-electron chi connectivity index (χ1n) is 13.5. The third-order valence-electron chi connectivity index (χ3n) is 6.81. The van der Waals surface area contributed by atoms with Gasteiger partial charge < -0.3 is 34.3 Å². The first-order valence-corrected chi connectivity index (χ1v) is 14.5. The number of carbonyl (C=O) groups is 2. The second-order valence-electron chi connectivity index (χ2n) is 9.71. The summed E-state index contributed by atoms with van der Waals surface area (Å²) in [5, 5.41) is 6.45. The summed E-state index contributed by atoms with van der Waals surface area (Å²) in [4.78, 5) is 43.7. The van der Waals surface area contributed by atoms with Crippen molar-refractivity contribution in [3.63, 3.8) is 0 Å². The van der Waals surface area contributed by atoms with E-state index >= 15 is 0 Å². The Hall–Kier alpha value is -4.91. The minimum absolute atomic E-state index is 0.00965. The zero-order valence-electron chi connectivity index (χ0n) is 23.2.